The SMILES string of the molecule is O=C(NC1CCCC(Nc2cc(C(F)(F)F)nc3ccc(Cl)cc23)C1)c1ccn(CCF)c1. The van der Waals surface area contributed by atoms with E-state index in [2.05, 4.69) is 15.6 Å². The highest BCUT2D eigenvalue weighted by Gasteiger charge is 2.34. The Bertz CT molecular complexity index is 1150. The smallest absolute Gasteiger partial charge is 0.382 e. The third-order valence-electron chi connectivity index (χ3n) is 5.79. The van der Waals surface area contributed by atoms with Gasteiger partial charge in [-0.2, -0.15) is 13.2 Å². The van der Waals surface area contributed by atoms with Crippen molar-refractivity contribution in [3.05, 3.63) is 59.0 Å². The molecule has 0 bridgehead atoms. The molecule has 33 heavy (non-hydrogen) atoms. The number of halogens is 5. The Hall–Kier alpha value is -2.81. The van der Waals surface area contributed by atoms with Gasteiger partial charge in [-0.3, -0.25) is 4.79 Å². The van der Waals surface area contributed by atoms with Gasteiger partial charge >= 0.3 is 6.18 Å². The number of aromatic nitrogens is 2. The number of nitrogens with zero attached hydrogens (tertiary/aromatic N) is 2. The molecule has 1 fully saturated rings. The van der Waals surface area contributed by atoms with Crippen LogP contribution in [0.1, 0.15) is 41.7 Å². The van der Waals surface area contributed by atoms with Crippen LogP contribution in [0.25, 0.3) is 10.9 Å². The second-order valence-corrected chi connectivity index (χ2v) is 8.66. The number of alkyl halides is 4. The van der Waals surface area contributed by atoms with Crippen molar-refractivity contribution in [3.8, 4) is 0 Å². The fourth-order valence-electron chi connectivity index (χ4n) is 4.22. The predicted molar refractivity (Wildman–Crippen MR) is 119 cm³/mol. The van der Waals surface area contributed by atoms with Crippen molar-refractivity contribution >= 4 is 34.1 Å². The minimum Gasteiger partial charge on any atom is -0.382 e. The van der Waals surface area contributed by atoms with Crippen molar-refractivity contribution in [3.63, 3.8) is 0 Å². The van der Waals surface area contributed by atoms with Crippen LogP contribution in [0.2, 0.25) is 5.02 Å². The maximum atomic E-state index is 13.4. The summed E-state index contributed by atoms with van der Waals surface area (Å²) in [5.74, 6) is -0.251. The maximum Gasteiger partial charge on any atom is 0.433 e. The molecular formula is C23H23ClF4N4O. The second-order valence-electron chi connectivity index (χ2n) is 8.22. The molecule has 3 aromatic rings. The van der Waals surface area contributed by atoms with Crippen LogP contribution in [-0.4, -0.2) is 34.2 Å². The van der Waals surface area contributed by atoms with Gasteiger partial charge in [-0.25, -0.2) is 9.37 Å². The minimum atomic E-state index is -4.58. The van der Waals surface area contributed by atoms with Crippen LogP contribution < -0.4 is 10.6 Å². The largest absolute Gasteiger partial charge is 0.433 e. The maximum absolute atomic E-state index is 13.4. The highest BCUT2D eigenvalue weighted by atomic mass is 35.5. The molecule has 1 saturated carbocycles. The normalized spacial score (nSPS) is 18.9. The highest BCUT2D eigenvalue weighted by Crippen LogP contribution is 2.35. The first-order valence-corrected chi connectivity index (χ1v) is 11.1. The molecule has 2 atom stereocenters. The third kappa shape index (κ3) is 5.58. The lowest BCUT2D eigenvalue weighted by molar-refractivity contribution is -0.140. The summed E-state index contributed by atoms with van der Waals surface area (Å²) < 4.78 is 54.3. The van der Waals surface area contributed by atoms with Gasteiger partial charge in [0.15, 0.2) is 0 Å². The summed E-state index contributed by atoms with van der Waals surface area (Å²) in [5, 5.41) is 7.13. The Morgan fingerprint density at radius 2 is 1.97 bits per heavy atom. The molecule has 10 heteroatoms. The first kappa shape index (κ1) is 23.4. The number of hydrogen-bond acceptors (Lipinski definition) is 3. The number of hydrogen-bond donors (Lipinski definition) is 2. The highest BCUT2D eigenvalue weighted by molar-refractivity contribution is 6.31. The quantitative estimate of drug-likeness (QED) is 0.434. The molecule has 2 heterocycles. The molecule has 5 nitrogen and oxygen atoms in total. The van der Waals surface area contributed by atoms with E-state index in [1.54, 1.807) is 29.1 Å². The van der Waals surface area contributed by atoms with E-state index in [-0.39, 0.29) is 30.1 Å². The monoisotopic (exact) mass is 482 g/mol. The van der Waals surface area contributed by atoms with E-state index >= 15 is 0 Å². The first-order valence-electron chi connectivity index (χ1n) is 10.7. The van der Waals surface area contributed by atoms with Crippen LogP contribution in [0, 0.1) is 0 Å². The Balaban J connectivity index is 1.49. The zero-order valence-corrected chi connectivity index (χ0v) is 18.4. The molecule has 0 aliphatic heterocycles. The number of amides is 1. The molecule has 1 aromatic carbocycles. The number of fused-ring (bicyclic) bond motifs is 1. The summed E-state index contributed by atoms with van der Waals surface area (Å²) in [6, 6.07) is 6.95. The Morgan fingerprint density at radius 3 is 2.73 bits per heavy atom. The Labute approximate surface area is 193 Å². The summed E-state index contributed by atoms with van der Waals surface area (Å²) in [4.78, 5) is 16.3. The van der Waals surface area contributed by atoms with Crippen LogP contribution in [0.3, 0.4) is 0 Å². The lowest BCUT2D eigenvalue weighted by Gasteiger charge is -2.31. The van der Waals surface area contributed by atoms with Gasteiger partial charge in [-0.05, 0) is 56.0 Å². The van der Waals surface area contributed by atoms with Gasteiger partial charge in [-0.15, -0.1) is 0 Å². The minimum absolute atomic E-state index is 0.132. The van der Waals surface area contributed by atoms with Crippen molar-refractivity contribution in [2.24, 2.45) is 0 Å². The van der Waals surface area contributed by atoms with Gasteiger partial charge < -0.3 is 15.2 Å². The fourth-order valence-corrected chi connectivity index (χ4v) is 4.39. The molecule has 4 rings (SSSR count). The molecule has 0 saturated heterocycles. The van der Waals surface area contributed by atoms with Crippen LogP contribution in [0.5, 0.6) is 0 Å². The lowest BCUT2D eigenvalue weighted by Crippen LogP contribution is -2.41. The predicted octanol–water partition coefficient (Wildman–Crippen LogP) is 5.83. The van der Waals surface area contributed by atoms with Crippen molar-refractivity contribution in [2.75, 3.05) is 12.0 Å². The summed E-state index contributed by atoms with van der Waals surface area (Å²) in [6.45, 7) is -0.330. The van der Waals surface area contributed by atoms with Crippen molar-refractivity contribution in [1.29, 1.82) is 0 Å². The summed E-state index contributed by atoms with van der Waals surface area (Å²) in [6.07, 6.45) is 1.56. The van der Waals surface area contributed by atoms with Crippen LogP contribution in [-0.2, 0) is 12.7 Å². The number of carbonyl (C=O) groups excluding carboxylic acids is 1. The molecule has 2 unspecified atom stereocenters. The van der Waals surface area contributed by atoms with Crippen molar-refractivity contribution in [2.45, 2.75) is 50.5 Å². The van der Waals surface area contributed by atoms with Gasteiger partial charge in [0.05, 0.1) is 17.6 Å². The number of pyridine rings is 1. The zero-order valence-electron chi connectivity index (χ0n) is 17.6. The molecule has 2 aromatic heterocycles. The van der Waals surface area contributed by atoms with Gasteiger partial charge in [0, 0.05) is 40.6 Å². The number of benzene rings is 1. The third-order valence-corrected chi connectivity index (χ3v) is 6.02. The van der Waals surface area contributed by atoms with Crippen molar-refractivity contribution < 1.29 is 22.4 Å². The average Bonchev–Trinajstić information content (AvgIpc) is 3.23. The van der Waals surface area contributed by atoms with Gasteiger partial charge in [0.2, 0.25) is 0 Å². The molecule has 1 aliphatic carbocycles. The summed E-state index contributed by atoms with van der Waals surface area (Å²) in [5.41, 5.74) is -0.00771. The van der Waals surface area contributed by atoms with Crippen molar-refractivity contribution in [1.82, 2.24) is 14.9 Å². The fraction of sp³-hybridized carbons (Fsp3) is 0.391. The van der Waals surface area contributed by atoms with Gasteiger partial charge in [0.1, 0.15) is 12.4 Å². The van der Waals surface area contributed by atoms with E-state index in [1.165, 1.54) is 12.1 Å². The molecule has 1 amide bonds. The van der Waals surface area contributed by atoms with Crippen LogP contribution >= 0.6 is 11.6 Å². The molecular weight excluding hydrogens is 460 g/mol. The molecule has 0 radical (unpaired) electrons. The Morgan fingerprint density at radius 1 is 1.18 bits per heavy atom. The van der Waals surface area contributed by atoms with Crippen LogP contribution in [0.15, 0.2) is 42.7 Å². The Kier molecular flexibility index (Phi) is 6.78. The van der Waals surface area contributed by atoms with E-state index in [4.69, 9.17) is 11.6 Å². The molecule has 2 N–H and O–H groups in total. The summed E-state index contributed by atoms with van der Waals surface area (Å²) >= 11 is 6.08. The number of aryl methyl sites for hydroxylation is 1. The van der Waals surface area contributed by atoms with E-state index in [9.17, 15) is 22.4 Å². The van der Waals surface area contributed by atoms with Crippen LogP contribution in [0.4, 0.5) is 23.2 Å². The topological polar surface area (TPSA) is 59.0 Å². The first-order chi connectivity index (χ1) is 15.7. The second kappa shape index (κ2) is 9.59. The van der Waals surface area contributed by atoms with E-state index < -0.39 is 18.5 Å². The number of rotatable bonds is 6. The van der Waals surface area contributed by atoms with Gasteiger partial charge in [0.25, 0.3) is 5.91 Å². The lowest BCUT2D eigenvalue weighted by atomic mass is 9.90. The molecule has 1 aliphatic rings. The van der Waals surface area contributed by atoms with E-state index in [0.29, 0.717) is 28.1 Å². The number of anilines is 1. The number of carbonyl (C=O) groups is 1. The standard InChI is InChI=1S/C23H23ClF4N4O/c24-15-4-5-19-18(10-15)20(12-21(31-19)23(26,27)28)29-16-2-1-3-17(11-16)30-22(33)14-6-8-32(13-14)9-7-25/h4-6,8,10,12-13,16-17H,1-3,7,9,11H2,(H,29,31)(H,30,33). The van der Waals surface area contributed by atoms with E-state index in [1.807, 2.05) is 0 Å². The van der Waals surface area contributed by atoms with E-state index in [0.717, 1.165) is 25.3 Å². The zero-order chi connectivity index (χ0) is 23.6. The number of nitrogens with one attached hydrogen (secondary N) is 2. The molecule has 176 valence electrons. The van der Waals surface area contributed by atoms with Gasteiger partial charge in [-0.1, -0.05) is 11.6 Å². The molecule has 0 spiro atoms. The average molecular weight is 483 g/mol. The summed E-state index contributed by atoms with van der Waals surface area (Å²) in [7, 11) is 0.